The smallest absolute Gasteiger partial charge is 0.118 e. The molecule has 44 heavy (non-hydrogen) atoms. The maximum atomic E-state index is 10.7. The lowest BCUT2D eigenvalue weighted by Crippen LogP contribution is -2.70. The molecule has 8 bridgehead atoms. The molecule has 1 N–H and O–H groups in total. The van der Waals surface area contributed by atoms with Crippen LogP contribution >= 0.6 is 0 Å². The molecule has 9 rings (SSSR count). The quantitative estimate of drug-likeness (QED) is 0.225. The average Bonchev–Trinajstić information content (AvgIpc) is 2.97. The van der Waals surface area contributed by atoms with Gasteiger partial charge in [-0.25, -0.2) is 0 Å². The highest BCUT2D eigenvalue weighted by atomic mass is 16.3. The van der Waals surface area contributed by atoms with Gasteiger partial charge in [-0.15, -0.1) is 0 Å². The molecule has 0 radical (unpaired) electrons. The summed E-state index contributed by atoms with van der Waals surface area (Å²) in [4.78, 5) is 0. The van der Waals surface area contributed by atoms with Crippen molar-refractivity contribution in [1.29, 1.82) is 0 Å². The summed E-state index contributed by atoms with van der Waals surface area (Å²) in [5, 5.41) is 10.7. The van der Waals surface area contributed by atoms with E-state index in [-0.39, 0.29) is 0 Å². The number of rotatable bonds is 14. The number of aromatic hydroxyl groups is 1. The first-order valence-electron chi connectivity index (χ1n) is 19.9. The molecule has 1 heteroatoms. The number of hydrogen-bond acceptors (Lipinski definition) is 1. The van der Waals surface area contributed by atoms with Crippen molar-refractivity contribution in [1.82, 2.24) is 0 Å². The summed E-state index contributed by atoms with van der Waals surface area (Å²) in [6, 6.07) is 6.93. The lowest BCUT2D eigenvalue weighted by atomic mass is 9.25. The van der Waals surface area contributed by atoms with E-state index in [0.717, 1.165) is 11.5 Å². The van der Waals surface area contributed by atoms with Crippen molar-refractivity contribution in [2.24, 2.45) is 38.4 Å². The Labute approximate surface area is 272 Å². The summed E-state index contributed by atoms with van der Waals surface area (Å²) >= 11 is 0. The molecular formula is C43H68O. The van der Waals surface area contributed by atoms with Crippen LogP contribution in [0, 0.1) is 45.3 Å². The molecule has 0 aliphatic heterocycles. The van der Waals surface area contributed by atoms with Crippen molar-refractivity contribution >= 4 is 0 Å². The van der Waals surface area contributed by atoms with Crippen molar-refractivity contribution in [3.05, 3.63) is 29.3 Å². The molecule has 4 atom stereocenters. The minimum absolute atomic E-state index is 0.311. The minimum atomic E-state index is 0.311. The molecule has 1 aromatic carbocycles. The third-order valence-corrected chi connectivity index (χ3v) is 15.8. The van der Waals surface area contributed by atoms with Crippen LogP contribution in [0.1, 0.15) is 193 Å². The molecular weight excluding hydrogens is 532 g/mol. The largest absolute Gasteiger partial charge is 0.508 e. The Morgan fingerprint density at radius 2 is 1.05 bits per heavy atom. The maximum absolute atomic E-state index is 10.7. The Morgan fingerprint density at radius 1 is 0.568 bits per heavy atom. The highest BCUT2D eigenvalue weighted by Gasteiger charge is 2.76. The normalized spacial score (nSPS) is 45.0. The molecule has 0 saturated heterocycles. The summed E-state index contributed by atoms with van der Waals surface area (Å²) in [5.74, 6) is 1.49. The predicted molar refractivity (Wildman–Crippen MR) is 186 cm³/mol. The van der Waals surface area contributed by atoms with Crippen LogP contribution in [0.2, 0.25) is 0 Å². The Kier molecular flexibility index (Phi) is 7.93. The number of hydrogen-bond donors (Lipinski definition) is 1. The van der Waals surface area contributed by atoms with Crippen LogP contribution in [0.5, 0.6) is 5.75 Å². The van der Waals surface area contributed by atoms with Crippen LogP contribution in [0.3, 0.4) is 0 Å². The fraction of sp³-hybridized carbons (Fsp3) is 0.860. The van der Waals surface area contributed by atoms with Gasteiger partial charge in [-0.1, -0.05) is 91.2 Å². The van der Waals surface area contributed by atoms with Gasteiger partial charge in [0.1, 0.15) is 5.75 Å². The SMILES string of the molecule is CCCCC12CC3CC(CCCC)(C1)CC(C14CC5(CCCC)CC(CCCC)(CC(c6ccc(O)c(C)c6)(C5)C1)C4)(C3)C2. The zero-order chi connectivity index (χ0) is 30.9. The van der Waals surface area contributed by atoms with E-state index in [1.54, 1.807) is 56.9 Å². The fourth-order valence-electron chi connectivity index (χ4n) is 15.7. The molecule has 0 aromatic heterocycles. The molecule has 8 saturated carbocycles. The first kappa shape index (κ1) is 31.6. The molecule has 8 aliphatic carbocycles. The zero-order valence-corrected chi connectivity index (χ0v) is 29.7. The summed E-state index contributed by atoms with van der Waals surface area (Å²) in [5.41, 5.74) is 6.45. The molecule has 246 valence electrons. The predicted octanol–water partition coefficient (Wildman–Crippen LogP) is 13.0. The maximum Gasteiger partial charge on any atom is 0.118 e. The molecule has 0 amide bonds. The van der Waals surface area contributed by atoms with Gasteiger partial charge in [0.25, 0.3) is 0 Å². The van der Waals surface area contributed by atoms with E-state index in [1.165, 1.54) is 103 Å². The lowest BCUT2D eigenvalue weighted by molar-refractivity contribution is -0.283. The monoisotopic (exact) mass is 601 g/mol. The summed E-state index contributed by atoms with van der Waals surface area (Å²) in [7, 11) is 0. The van der Waals surface area contributed by atoms with Crippen molar-refractivity contribution in [3.63, 3.8) is 0 Å². The van der Waals surface area contributed by atoms with Gasteiger partial charge in [0.2, 0.25) is 0 Å². The Balaban J connectivity index is 1.39. The van der Waals surface area contributed by atoms with Gasteiger partial charge in [-0.2, -0.15) is 0 Å². The number of phenolic OH excluding ortho intramolecular Hbond substituents is 1. The lowest BCUT2D eigenvalue weighted by Gasteiger charge is -2.80. The number of phenols is 1. The van der Waals surface area contributed by atoms with Crippen LogP contribution in [0.25, 0.3) is 0 Å². The highest BCUT2D eigenvalue weighted by Crippen LogP contribution is 2.85. The second-order valence-corrected chi connectivity index (χ2v) is 19.3. The van der Waals surface area contributed by atoms with Crippen LogP contribution in [0.4, 0.5) is 0 Å². The van der Waals surface area contributed by atoms with E-state index in [1.807, 2.05) is 0 Å². The Morgan fingerprint density at radius 3 is 1.55 bits per heavy atom. The molecule has 1 nitrogen and oxygen atoms in total. The zero-order valence-electron chi connectivity index (χ0n) is 29.7. The second-order valence-electron chi connectivity index (χ2n) is 19.3. The number of benzene rings is 1. The van der Waals surface area contributed by atoms with Gasteiger partial charge in [0.05, 0.1) is 0 Å². The van der Waals surface area contributed by atoms with Crippen LogP contribution in [-0.4, -0.2) is 5.11 Å². The summed E-state index contributed by atoms with van der Waals surface area (Å²) < 4.78 is 0. The average molecular weight is 601 g/mol. The van der Waals surface area contributed by atoms with Gasteiger partial charge in [-0.3, -0.25) is 0 Å². The first-order valence-corrected chi connectivity index (χ1v) is 19.9. The Hall–Kier alpha value is -0.980. The Bertz CT molecular complexity index is 1160. The van der Waals surface area contributed by atoms with Gasteiger partial charge >= 0.3 is 0 Å². The number of unbranched alkanes of at least 4 members (excludes halogenated alkanes) is 4. The fourth-order valence-corrected chi connectivity index (χ4v) is 15.7. The van der Waals surface area contributed by atoms with Crippen molar-refractivity contribution in [2.45, 2.75) is 194 Å². The van der Waals surface area contributed by atoms with Gasteiger partial charge < -0.3 is 5.11 Å². The van der Waals surface area contributed by atoms with E-state index < -0.39 is 0 Å². The third kappa shape index (κ3) is 4.88. The van der Waals surface area contributed by atoms with Crippen LogP contribution in [-0.2, 0) is 5.41 Å². The minimum Gasteiger partial charge on any atom is -0.508 e. The summed E-state index contributed by atoms with van der Waals surface area (Å²) in [6.07, 6.45) is 35.6. The van der Waals surface area contributed by atoms with E-state index >= 15 is 0 Å². The van der Waals surface area contributed by atoms with Crippen LogP contribution in [0.15, 0.2) is 18.2 Å². The molecule has 8 fully saturated rings. The molecule has 8 aliphatic rings. The van der Waals surface area contributed by atoms with E-state index in [0.29, 0.717) is 43.7 Å². The van der Waals surface area contributed by atoms with Crippen molar-refractivity contribution < 1.29 is 5.11 Å². The van der Waals surface area contributed by atoms with E-state index in [2.05, 4.69) is 52.8 Å². The van der Waals surface area contributed by atoms with Gasteiger partial charge in [-0.05, 0) is 171 Å². The van der Waals surface area contributed by atoms with Crippen LogP contribution < -0.4 is 0 Å². The van der Waals surface area contributed by atoms with Gasteiger partial charge in [0, 0.05) is 0 Å². The number of aryl methyl sites for hydroxylation is 1. The van der Waals surface area contributed by atoms with Crippen molar-refractivity contribution in [3.8, 4) is 5.75 Å². The molecule has 0 spiro atoms. The van der Waals surface area contributed by atoms with E-state index in [4.69, 9.17) is 0 Å². The standard InChI is InChI=1S/C43H68O/c1-6-10-16-37-21-34-22-38(24-37,17-11-7-2)29-42(23-34,28-37)43-30-39(18-12-8-3)25-40(31-43,19-13-9-4)27-41(26-39,32-43)35-14-15-36(44)33(5)20-35/h14-15,20,34,44H,6-13,16-19,21-32H2,1-5H3. The highest BCUT2D eigenvalue weighted by molar-refractivity contribution is 5.42. The third-order valence-electron chi connectivity index (χ3n) is 15.8. The second kappa shape index (κ2) is 11.0. The summed E-state index contributed by atoms with van der Waals surface area (Å²) in [6.45, 7) is 11.9. The molecule has 0 heterocycles. The van der Waals surface area contributed by atoms with Gasteiger partial charge in [0.15, 0.2) is 0 Å². The molecule has 4 unspecified atom stereocenters. The molecule has 1 aromatic rings. The topological polar surface area (TPSA) is 20.2 Å². The van der Waals surface area contributed by atoms with E-state index in [9.17, 15) is 5.11 Å². The van der Waals surface area contributed by atoms with Crippen molar-refractivity contribution in [2.75, 3.05) is 0 Å². The first-order chi connectivity index (χ1) is 21.1.